The predicted octanol–water partition coefficient (Wildman–Crippen LogP) is 1.66. The van der Waals surface area contributed by atoms with Crippen LogP contribution in [0.15, 0.2) is 22.9 Å². The molecule has 1 N–H and O–H groups in total. The van der Waals surface area contributed by atoms with Gasteiger partial charge in [0, 0.05) is 36.3 Å². The average Bonchev–Trinajstić information content (AvgIpc) is 2.66. The lowest BCUT2D eigenvalue weighted by Gasteiger charge is -2.17. The highest BCUT2D eigenvalue weighted by atomic mass is 79.9. The van der Waals surface area contributed by atoms with Crippen LogP contribution in [0.25, 0.3) is 0 Å². The first-order chi connectivity index (χ1) is 6.79. The van der Waals surface area contributed by atoms with Crippen LogP contribution in [0.3, 0.4) is 0 Å². The van der Waals surface area contributed by atoms with Gasteiger partial charge in [0.1, 0.15) is 0 Å². The Morgan fingerprint density at radius 3 is 3.07 bits per heavy atom. The van der Waals surface area contributed by atoms with Gasteiger partial charge in [0.05, 0.1) is 11.9 Å². The van der Waals surface area contributed by atoms with Crippen LogP contribution in [0.1, 0.15) is 6.42 Å². The highest BCUT2D eigenvalue weighted by molar-refractivity contribution is 9.10. The summed E-state index contributed by atoms with van der Waals surface area (Å²) in [4.78, 5) is 6.39. The summed E-state index contributed by atoms with van der Waals surface area (Å²) in [5.74, 6) is 0.425. The monoisotopic (exact) mass is 256 g/mol. The fraction of sp³-hybridized carbons (Fsp3) is 0.500. The number of pyridine rings is 1. The van der Waals surface area contributed by atoms with Crippen molar-refractivity contribution in [2.75, 3.05) is 24.6 Å². The molecule has 0 aromatic carbocycles. The summed E-state index contributed by atoms with van der Waals surface area (Å²) < 4.78 is 1.00. The van der Waals surface area contributed by atoms with Gasteiger partial charge in [-0.25, -0.2) is 0 Å². The second-order valence-electron chi connectivity index (χ2n) is 3.64. The van der Waals surface area contributed by atoms with Gasteiger partial charge in [0.15, 0.2) is 0 Å². The molecule has 1 saturated heterocycles. The van der Waals surface area contributed by atoms with Crippen LogP contribution in [0, 0.1) is 5.92 Å². The summed E-state index contributed by atoms with van der Waals surface area (Å²) in [6.07, 6.45) is 4.72. The van der Waals surface area contributed by atoms with Gasteiger partial charge in [-0.1, -0.05) is 0 Å². The lowest BCUT2D eigenvalue weighted by atomic mass is 10.1. The summed E-state index contributed by atoms with van der Waals surface area (Å²) in [5.41, 5.74) is 1.13. The molecule has 0 aliphatic carbocycles. The molecular formula is C10H13BrN2O. The minimum atomic E-state index is 0.290. The molecule has 1 unspecified atom stereocenters. The van der Waals surface area contributed by atoms with Crippen molar-refractivity contribution in [1.82, 2.24) is 4.98 Å². The van der Waals surface area contributed by atoms with Crippen LogP contribution in [0.4, 0.5) is 5.69 Å². The van der Waals surface area contributed by atoms with Crippen LogP contribution in [-0.2, 0) is 0 Å². The number of aromatic nitrogens is 1. The van der Waals surface area contributed by atoms with Crippen molar-refractivity contribution < 1.29 is 5.11 Å². The fourth-order valence-electron chi connectivity index (χ4n) is 1.79. The highest BCUT2D eigenvalue weighted by Gasteiger charge is 2.21. The number of hydrogen-bond acceptors (Lipinski definition) is 3. The predicted molar refractivity (Wildman–Crippen MR) is 59.3 cm³/mol. The van der Waals surface area contributed by atoms with E-state index < -0.39 is 0 Å². The van der Waals surface area contributed by atoms with E-state index in [0.717, 1.165) is 29.7 Å². The first-order valence-electron chi connectivity index (χ1n) is 4.76. The standard InChI is InChI=1S/C10H13BrN2O/c11-9-3-10(5-12-4-9)13-2-1-8(6-13)7-14/h3-5,8,14H,1-2,6-7H2. The maximum Gasteiger partial charge on any atom is 0.0564 e. The van der Waals surface area contributed by atoms with Gasteiger partial charge in [-0.3, -0.25) is 4.98 Å². The number of aliphatic hydroxyl groups is 1. The van der Waals surface area contributed by atoms with Gasteiger partial charge in [0.2, 0.25) is 0 Å². The Hall–Kier alpha value is -0.610. The molecule has 3 nitrogen and oxygen atoms in total. The van der Waals surface area contributed by atoms with Crippen molar-refractivity contribution in [3.63, 3.8) is 0 Å². The van der Waals surface area contributed by atoms with E-state index >= 15 is 0 Å². The van der Waals surface area contributed by atoms with E-state index in [1.54, 1.807) is 6.20 Å². The quantitative estimate of drug-likeness (QED) is 0.875. The summed E-state index contributed by atoms with van der Waals surface area (Å²) in [5, 5.41) is 9.03. The number of nitrogens with zero attached hydrogens (tertiary/aromatic N) is 2. The number of hydrogen-bond donors (Lipinski definition) is 1. The van der Waals surface area contributed by atoms with Gasteiger partial charge in [-0.2, -0.15) is 0 Å². The van der Waals surface area contributed by atoms with E-state index in [-0.39, 0.29) is 6.61 Å². The SMILES string of the molecule is OCC1CCN(c2cncc(Br)c2)C1. The second-order valence-corrected chi connectivity index (χ2v) is 4.56. The minimum absolute atomic E-state index is 0.290. The van der Waals surface area contributed by atoms with Crippen LogP contribution in [0.5, 0.6) is 0 Å². The molecule has 2 rings (SSSR count). The van der Waals surface area contributed by atoms with Crippen LogP contribution in [0.2, 0.25) is 0 Å². The summed E-state index contributed by atoms with van der Waals surface area (Å²) in [7, 11) is 0. The van der Waals surface area contributed by atoms with Crippen molar-refractivity contribution in [3.05, 3.63) is 22.9 Å². The van der Waals surface area contributed by atoms with Crippen molar-refractivity contribution in [2.24, 2.45) is 5.92 Å². The summed E-state index contributed by atoms with van der Waals surface area (Å²) in [6.45, 7) is 2.25. The van der Waals surface area contributed by atoms with Gasteiger partial charge in [0.25, 0.3) is 0 Å². The van der Waals surface area contributed by atoms with Gasteiger partial charge in [-0.15, -0.1) is 0 Å². The maximum absolute atomic E-state index is 9.03. The van der Waals surface area contributed by atoms with E-state index in [0.29, 0.717) is 5.92 Å². The minimum Gasteiger partial charge on any atom is -0.396 e. The zero-order chi connectivity index (χ0) is 9.97. The Labute approximate surface area is 91.9 Å². The van der Waals surface area contributed by atoms with Crippen LogP contribution >= 0.6 is 15.9 Å². The Bertz CT molecular complexity index is 319. The molecule has 0 bridgehead atoms. The Kier molecular flexibility index (Phi) is 3.03. The molecule has 1 aromatic rings. The van der Waals surface area contributed by atoms with Gasteiger partial charge in [-0.05, 0) is 28.4 Å². The van der Waals surface area contributed by atoms with E-state index in [1.807, 2.05) is 6.20 Å². The van der Waals surface area contributed by atoms with Crippen molar-refractivity contribution in [3.8, 4) is 0 Å². The van der Waals surface area contributed by atoms with Crippen molar-refractivity contribution in [2.45, 2.75) is 6.42 Å². The van der Waals surface area contributed by atoms with Gasteiger partial charge >= 0.3 is 0 Å². The molecule has 1 atom stereocenters. The molecule has 76 valence electrons. The first-order valence-corrected chi connectivity index (χ1v) is 5.55. The third kappa shape index (κ3) is 2.07. The molecule has 1 aliphatic rings. The van der Waals surface area contributed by atoms with Crippen molar-refractivity contribution >= 4 is 21.6 Å². The fourth-order valence-corrected chi connectivity index (χ4v) is 2.14. The molecule has 4 heteroatoms. The molecular weight excluding hydrogens is 244 g/mol. The number of aliphatic hydroxyl groups excluding tert-OH is 1. The number of rotatable bonds is 2. The van der Waals surface area contributed by atoms with Crippen LogP contribution < -0.4 is 4.90 Å². The van der Waals surface area contributed by atoms with Gasteiger partial charge < -0.3 is 10.0 Å². The van der Waals surface area contributed by atoms with Crippen molar-refractivity contribution in [1.29, 1.82) is 0 Å². The smallest absolute Gasteiger partial charge is 0.0564 e. The molecule has 1 aliphatic heterocycles. The third-order valence-electron chi connectivity index (χ3n) is 2.60. The molecule has 1 fully saturated rings. The Balaban J connectivity index is 2.09. The second kappa shape index (κ2) is 4.28. The Morgan fingerprint density at radius 1 is 1.57 bits per heavy atom. The number of halogens is 1. The number of anilines is 1. The topological polar surface area (TPSA) is 36.4 Å². The first kappa shape index (κ1) is 9.93. The molecule has 0 spiro atoms. The lowest BCUT2D eigenvalue weighted by Crippen LogP contribution is -2.20. The molecule has 2 heterocycles. The summed E-state index contributed by atoms with van der Waals surface area (Å²) in [6, 6.07) is 2.06. The molecule has 0 saturated carbocycles. The summed E-state index contributed by atoms with van der Waals surface area (Å²) >= 11 is 3.40. The molecule has 14 heavy (non-hydrogen) atoms. The Morgan fingerprint density at radius 2 is 2.43 bits per heavy atom. The largest absolute Gasteiger partial charge is 0.396 e. The maximum atomic E-state index is 9.03. The molecule has 1 aromatic heterocycles. The zero-order valence-electron chi connectivity index (χ0n) is 7.86. The van der Waals surface area contributed by atoms with E-state index in [9.17, 15) is 0 Å². The lowest BCUT2D eigenvalue weighted by molar-refractivity contribution is 0.238. The highest BCUT2D eigenvalue weighted by Crippen LogP contribution is 2.24. The molecule has 0 radical (unpaired) electrons. The van der Waals surface area contributed by atoms with E-state index in [4.69, 9.17) is 5.11 Å². The normalized spacial score (nSPS) is 21.6. The van der Waals surface area contributed by atoms with E-state index in [2.05, 4.69) is 31.9 Å². The third-order valence-corrected chi connectivity index (χ3v) is 3.03. The zero-order valence-corrected chi connectivity index (χ0v) is 9.44. The van der Waals surface area contributed by atoms with E-state index in [1.165, 1.54) is 0 Å². The average molecular weight is 257 g/mol. The van der Waals surface area contributed by atoms with Crippen LogP contribution in [-0.4, -0.2) is 29.8 Å². The molecule has 0 amide bonds.